The third-order valence-corrected chi connectivity index (χ3v) is 5.48. The quantitative estimate of drug-likeness (QED) is 0.545. The maximum absolute atomic E-state index is 12.3. The summed E-state index contributed by atoms with van der Waals surface area (Å²) in [5.41, 5.74) is 3.46. The van der Waals surface area contributed by atoms with Crippen LogP contribution >= 0.6 is 11.6 Å². The van der Waals surface area contributed by atoms with Gasteiger partial charge in [-0.25, -0.2) is 4.98 Å². The smallest absolute Gasteiger partial charge is 0.229 e. The van der Waals surface area contributed by atoms with E-state index in [-0.39, 0.29) is 5.91 Å². The zero-order valence-electron chi connectivity index (χ0n) is 17.6. The minimum Gasteiger partial charge on any atom is -0.356 e. The molecule has 6 nitrogen and oxygen atoms in total. The van der Waals surface area contributed by atoms with Gasteiger partial charge in [-0.2, -0.15) is 4.98 Å². The van der Waals surface area contributed by atoms with Gasteiger partial charge in [-0.15, -0.1) is 0 Å². The van der Waals surface area contributed by atoms with Gasteiger partial charge in [0.2, 0.25) is 11.9 Å². The van der Waals surface area contributed by atoms with E-state index in [2.05, 4.69) is 20.5 Å². The number of carbonyl (C=O) groups is 1. The normalized spacial score (nSPS) is 13.7. The molecule has 0 saturated carbocycles. The number of hydrogen-bond acceptors (Lipinski definition) is 5. The molecule has 2 heterocycles. The molecule has 1 amide bonds. The maximum atomic E-state index is 12.3. The molecule has 1 aliphatic heterocycles. The number of hydrogen-bond donors (Lipinski definition) is 2. The van der Waals surface area contributed by atoms with Gasteiger partial charge in [0, 0.05) is 41.2 Å². The van der Waals surface area contributed by atoms with Crippen LogP contribution in [0, 0.1) is 6.92 Å². The van der Waals surface area contributed by atoms with E-state index in [0.717, 1.165) is 41.5 Å². The van der Waals surface area contributed by atoms with E-state index in [1.807, 2.05) is 49.4 Å². The highest BCUT2D eigenvalue weighted by molar-refractivity contribution is 6.30. The maximum Gasteiger partial charge on any atom is 0.229 e. The summed E-state index contributed by atoms with van der Waals surface area (Å²) in [6.45, 7) is 4.07. The van der Waals surface area contributed by atoms with E-state index in [4.69, 9.17) is 16.6 Å². The Bertz CT molecular complexity index is 1030. The van der Waals surface area contributed by atoms with Gasteiger partial charge in [0.05, 0.1) is 6.42 Å². The Balaban J connectivity index is 1.37. The lowest BCUT2D eigenvalue weighted by atomic mass is 10.1. The summed E-state index contributed by atoms with van der Waals surface area (Å²) >= 11 is 5.89. The van der Waals surface area contributed by atoms with Crippen LogP contribution in [-0.2, 0) is 11.2 Å². The van der Waals surface area contributed by atoms with E-state index < -0.39 is 0 Å². The van der Waals surface area contributed by atoms with Crippen molar-refractivity contribution in [3.63, 3.8) is 0 Å². The number of anilines is 4. The molecule has 1 saturated heterocycles. The van der Waals surface area contributed by atoms with E-state index in [0.29, 0.717) is 17.4 Å². The Morgan fingerprint density at radius 1 is 0.968 bits per heavy atom. The van der Waals surface area contributed by atoms with Crippen molar-refractivity contribution in [1.29, 1.82) is 0 Å². The molecule has 31 heavy (non-hydrogen) atoms. The number of aromatic nitrogens is 2. The molecule has 7 heteroatoms. The molecule has 0 spiro atoms. The van der Waals surface area contributed by atoms with Gasteiger partial charge in [-0.1, -0.05) is 23.7 Å². The van der Waals surface area contributed by atoms with Crippen molar-refractivity contribution in [2.24, 2.45) is 0 Å². The lowest BCUT2D eigenvalue weighted by Crippen LogP contribution is -2.30. The van der Waals surface area contributed by atoms with E-state index in [9.17, 15) is 4.79 Å². The van der Waals surface area contributed by atoms with Crippen molar-refractivity contribution in [3.05, 3.63) is 70.9 Å². The highest BCUT2D eigenvalue weighted by Crippen LogP contribution is 2.22. The molecule has 0 unspecified atom stereocenters. The third kappa shape index (κ3) is 5.95. The van der Waals surface area contributed by atoms with Gasteiger partial charge in [-0.3, -0.25) is 4.79 Å². The average molecular weight is 436 g/mol. The van der Waals surface area contributed by atoms with Gasteiger partial charge < -0.3 is 15.5 Å². The molecule has 0 bridgehead atoms. The number of rotatable bonds is 6. The van der Waals surface area contributed by atoms with Crippen molar-refractivity contribution >= 4 is 40.6 Å². The Labute approximate surface area is 187 Å². The van der Waals surface area contributed by atoms with Crippen LogP contribution in [0.1, 0.15) is 30.5 Å². The average Bonchev–Trinajstić information content (AvgIpc) is 2.77. The first-order chi connectivity index (χ1) is 15.0. The predicted octanol–water partition coefficient (Wildman–Crippen LogP) is 5.35. The van der Waals surface area contributed by atoms with Crippen LogP contribution in [0.4, 0.5) is 23.1 Å². The highest BCUT2D eigenvalue weighted by atomic mass is 35.5. The summed E-state index contributed by atoms with van der Waals surface area (Å²) in [6, 6.07) is 16.9. The van der Waals surface area contributed by atoms with Crippen molar-refractivity contribution < 1.29 is 4.79 Å². The summed E-state index contributed by atoms with van der Waals surface area (Å²) in [4.78, 5) is 23.8. The lowest BCUT2D eigenvalue weighted by Gasteiger charge is -2.28. The summed E-state index contributed by atoms with van der Waals surface area (Å²) in [5.74, 6) is 1.48. The first-order valence-corrected chi connectivity index (χ1v) is 10.9. The van der Waals surface area contributed by atoms with Gasteiger partial charge in [0.25, 0.3) is 0 Å². The molecule has 160 valence electrons. The van der Waals surface area contributed by atoms with Crippen LogP contribution in [-0.4, -0.2) is 29.0 Å². The zero-order chi connectivity index (χ0) is 21.6. The molecule has 1 aliphatic rings. The zero-order valence-corrected chi connectivity index (χ0v) is 18.3. The lowest BCUT2D eigenvalue weighted by molar-refractivity contribution is -0.115. The van der Waals surface area contributed by atoms with Crippen LogP contribution in [0.25, 0.3) is 0 Å². The number of aryl methyl sites for hydroxylation is 1. The van der Waals surface area contributed by atoms with Crippen molar-refractivity contribution in [2.75, 3.05) is 28.6 Å². The fourth-order valence-corrected chi connectivity index (χ4v) is 3.78. The second-order valence-corrected chi connectivity index (χ2v) is 8.23. The fourth-order valence-electron chi connectivity index (χ4n) is 3.65. The second kappa shape index (κ2) is 9.79. The Hall–Kier alpha value is -3.12. The monoisotopic (exact) mass is 435 g/mol. The first-order valence-electron chi connectivity index (χ1n) is 10.6. The van der Waals surface area contributed by atoms with Crippen molar-refractivity contribution in [3.8, 4) is 0 Å². The van der Waals surface area contributed by atoms with Crippen LogP contribution in [0.2, 0.25) is 5.02 Å². The number of nitrogens with zero attached hydrogens (tertiary/aromatic N) is 3. The van der Waals surface area contributed by atoms with Crippen LogP contribution in [0.3, 0.4) is 0 Å². The summed E-state index contributed by atoms with van der Waals surface area (Å²) in [5, 5.41) is 6.86. The Kier molecular flexibility index (Phi) is 6.67. The van der Waals surface area contributed by atoms with Gasteiger partial charge in [-0.05, 0) is 68.1 Å². The van der Waals surface area contributed by atoms with E-state index >= 15 is 0 Å². The fraction of sp³-hybridized carbons (Fsp3) is 0.292. The number of piperidine rings is 1. The minimum atomic E-state index is -0.0729. The Morgan fingerprint density at radius 3 is 2.35 bits per heavy atom. The molecular formula is C24H26ClN5O. The number of benzene rings is 2. The van der Waals surface area contributed by atoms with Crippen LogP contribution in [0.15, 0.2) is 54.6 Å². The predicted molar refractivity (Wildman–Crippen MR) is 126 cm³/mol. The number of nitrogens with one attached hydrogen (secondary N) is 2. The molecule has 0 aliphatic carbocycles. The second-order valence-electron chi connectivity index (χ2n) is 7.79. The number of carbonyl (C=O) groups excluding carboxylic acids is 1. The Morgan fingerprint density at radius 2 is 1.65 bits per heavy atom. The van der Waals surface area contributed by atoms with E-state index in [1.54, 1.807) is 12.1 Å². The minimum absolute atomic E-state index is 0.0729. The molecule has 0 atom stereocenters. The molecule has 2 aromatic carbocycles. The molecule has 4 rings (SSSR count). The number of halogens is 1. The molecule has 0 radical (unpaired) electrons. The molecule has 1 aromatic heterocycles. The molecule has 2 N–H and O–H groups in total. The van der Waals surface area contributed by atoms with Crippen molar-refractivity contribution in [1.82, 2.24) is 9.97 Å². The molecule has 3 aromatic rings. The number of amides is 1. The van der Waals surface area contributed by atoms with Gasteiger partial charge >= 0.3 is 0 Å². The van der Waals surface area contributed by atoms with Gasteiger partial charge in [0.15, 0.2) is 0 Å². The van der Waals surface area contributed by atoms with E-state index in [1.165, 1.54) is 19.3 Å². The van der Waals surface area contributed by atoms with Gasteiger partial charge in [0.1, 0.15) is 5.82 Å². The molecule has 1 fully saturated rings. The largest absolute Gasteiger partial charge is 0.356 e. The molecular weight excluding hydrogens is 410 g/mol. The van der Waals surface area contributed by atoms with Crippen molar-refractivity contribution in [2.45, 2.75) is 32.6 Å². The standard InChI is InChI=1S/C24H26ClN5O/c1-17-15-22(30-13-3-2-4-14-30)29-24(26-17)28-21-11-9-20(10-12-21)27-23(31)16-18-5-7-19(25)8-6-18/h5-12,15H,2-4,13-14,16H2,1H3,(H,27,31)(H,26,28,29). The summed E-state index contributed by atoms with van der Waals surface area (Å²) in [6.07, 6.45) is 4.00. The summed E-state index contributed by atoms with van der Waals surface area (Å²) in [7, 11) is 0. The highest BCUT2D eigenvalue weighted by Gasteiger charge is 2.14. The third-order valence-electron chi connectivity index (χ3n) is 5.22. The summed E-state index contributed by atoms with van der Waals surface area (Å²) < 4.78 is 0. The first kappa shape index (κ1) is 21.1. The van der Waals surface area contributed by atoms with Crippen LogP contribution < -0.4 is 15.5 Å². The SMILES string of the molecule is Cc1cc(N2CCCCC2)nc(Nc2ccc(NC(=O)Cc3ccc(Cl)cc3)cc2)n1. The topological polar surface area (TPSA) is 70.2 Å². The van der Waals surface area contributed by atoms with Crippen LogP contribution in [0.5, 0.6) is 0 Å².